The van der Waals surface area contributed by atoms with Crippen LogP contribution in [0.5, 0.6) is 0 Å². The third-order valence-electron chi connectivity index (χ3n) is 5.30. The van der Waals surface area contributed by atoms with Crippen LogP contribution in [0.15, 0.2) is 92.6 Å². The Bertz CT molecular complexity index is 1750. The lowest BCUT2D eigenvalue weighted by Gasteiger charge is -2.03. The van der Waals surface area contributed by atoms with Gasteiger partial charge in [0.2, 0.25) is 0 Å². The smallest absolute Gasteiger partial charge is 0.354 e. The number of rotatable bonds is 6. The van der Waals surface area contributed by atoms with Crippen molar-refractivity contribution < 1.29 is 29.7 Å². The van der Waals surface area contributed by atoms with Gasteiger partial charge in [0.1, 0.15) is 36.4 Å². The Morgan fingerprint density at radius 2 is 1.09 bits per heavy atom. The van der Waals surface area contributed by atoms with Crippen molar-refractivity contribution >= 4 is 17.9 Å². The highest BCUT2D eigenvalue weighted by Gasteiger charge is 2.09. The number of hydrogen-bond donors (Lipinski definition) is 3. The molecule has 0 aliphatic rings. The lowest BCUT2D eigenvalue weighted by Crippen LogP contribution is -2.05. The van der Waals surface area contributed by atoms with E-state index in [1.807, 2.05) is 19.1 Å². The maximum atomic E-state index is 10.7. The first-order valence-corrected chi connectivity index (χ1v) is 12.0. The van der Waals surface area contributed by atoms with Crippen molar-refractivity contribution in [2.45, 2.75) is 6.92 Å². The van der Waals surface area contributed by atoms with Crippen molar-refractivity contribution in [3.05, 3.63) is 115 Å². The number of aryl methyl sites for hydroxylation is 1. The van der Waals surface area contributed by atoms with E-state index < -0.39 is 17.9 Å². The van der Waals surface area contributed by atoms with Gasteiger partial charge in [-0.05, 0) is 25.1 Å². The lowest BCUT2D eigenvalue weighted by atomic mass is 10.4. The normalized spacial score (nSPS) is 10.1. The molecule has 0 aliphatic carbocycles. The fourth-order valence-electron chi connectivity index (χ4n) is 3.30. The second-order valence-electron chi connectivity index (χ2n) is 8.09. The lowest BCUT2D eigenvalue weighted by molar-refractivity contribution is 0.0679. The van der Waals surface area contributed by atoms with Crippen LogP contribution >= 0.6 is 0 Å². The Morgan fingerprint density at radius 3 is 1.58 bits per heavy atom. The molecule has 0 saturated heterocycles. The van der Waals surface area contributed by atoms with Crippen LogP contribution in [0.1, 0.15) is 37.3 Å². The van der Waals surface area contributed by atoms with Crippen molar-refractivity contribution in [3.63, 3.8) is 0 Å². The molecule has 0 fully saturated rings. The SMILES string of the molecule is Cc1nccn1-c1cc(C(=O)O)ncn1.O=C(O)c1cc(-n2cccc2)ncn1.O=C(O)c1cc(-n2cccn2)ncn1. The van der Waals surface area contributed by atoms with Crippen molar-refractivity contribution in [1.82, 2.24) is 53.8 Å². The number of nitrogens with zero attached hydrogens (tertiary/aromatic N) is 11. The molecule has 6 aromatic rings. The molecule has 6 rings (SSSR count). The molecular formula is C26H21N11O6. The molecule has 0 unspecified atom stereocenters. The number of imidazole rings is 1. The Morgan fingerprint density at radius 1 is 0.581 bits per heavy atom. The fraction of sp³-hybridized carbons (Fsp3) is 0.0385. The van der Waals surface area contributed by atoms with Gasteiger partial charge < -0.3 is 19.9 Å². The highest BCUT2D eigenvalue weighted by atomic mass is 16.4. The molecule has 17 nitrogen and oxygen atoms in total. The second-order valence-corrected chi connectivity index (χ2v) is 8.09. The van der Waals surface area contributed by atoms with Crippen molar-refractivity contribution in [2.75, 3.05) is 0 Å². The monoisotopic (exact) mass is 583 g/mol. The number of hydrogen-bond acceptors (Lipinski definition) is 11. The molecule has 43 heavy (non-hydrogen) atoms. The summed E-state index contributed by atoms with van der Waals surface area (Å²) in [5, 5.41) is 30.1. The van der Waals surface area contributed by atoms with E-state index in [1.54, 1.807) is 52.4 Å². The van der Waals surface area contributed by atoms with Crippen LogP contribution in [0.2, 0.25) is 0 Å². The van der Waals surface area contributed by atoms with Crippen LogP contribution < -0.4 is 0 Å². The van der Waals surface area contributed by atoms with Gasteiger partial charge in [0.05, 0.1) is 0 Å². The first-order valence-electron chi connectivity index (χ1n) is 12.0. The first-order chi connectivity index (χ1) is 20.7. The minimum absolute atomic E-state index is 0.0105. The summed E-state index contributed by atoms with van der Waals surface area (Å²) in [7, 11) is 0. The molecule has 0 spiro atoms. The van der Waals surface area contributed by atoms with Gasteiger partial charge >= 0.3 is 17.9 Å². The Balaban J connectivity index is 0.000000148. The summed E-state index contributed by atoms with van der Waals surface area (Å²) in [5.74, 6) is -0.995. The molecule has 0 bridgehead atoms. The third kappa shape index (κ3) is 7.72. The molecule has 0 amide bonds. The van der Waals surface area contributed by atoms with Crippen LogP contribution in [-0.2, 0) is 0 Å². The number of carboxylic acids is 3. The maximum absolute atomic E-state index is 10.7. The first kappa shape index (κ1) is 29.3. The van der Waals surface area contributed by atoms with Crippen LogP contribution in [0, 0.1) is 6.92 Å². The topological polar surface area (TPSA) is 230 Å². The fourth-order valence-corrected chi connectivity index (χ4v) is 3.30. The zero-order valence-corrected chi connectivity index (χ0v) is 22.1. The van der Waals surface area contributed by atoms with Crippen molar-refractivity contribution in [2.24, 2.45) is 0 Å². The van der Waals surface area contributed by atoms with E-state index in [4.69, 9.17) is 15.3 Å². The van der Waals surface area contributed by atoms with Crippen LogP contribution in [-0.4, -0.2) is 87.0 Å². The number of aromatic nitrogens is 11. The molecule has 0 aromatic carbocycles. The van der Waals surface area contributed by atoms with Crippen molar-refractivity contribution in [1.29, 1.82) is 0 Å². The minimum atomic E-state index is -1.08. The molecule has 6 aromatic heterocycles. The molecule has 6 heterocycles. The van der Waals surface area contributed by atoms with Gasteiger partial charge in [-0.2, -0.15) is 5.10 Å². The van der Waals surface area contributed by atoms with Crippen molar-refractivity contribution in [3.8, 4) is 17.5 Å². The van der Waals surface area contributed by atoms with E-state index in [0.29, 0.717) is 17.5 Å². The van der Waals surface area contributed by atoms with Crippen LogP contribution in [0.3, 0.4) is 0 Å². The average molecular weight is 584 g/mol. The molecule has 0 aliphatic heterocycles. The van der Waals surface area contributed by atoms with Crippen LogP contribution in [0.25, 0.3) is 17.5 Å². The van der Waals surface area contributed by atoms with Gasteiger partial charge in [-0.25, -0.2) is 54.0 Å². The average Bonchev–Trinajstić information content (AvgIpc) is 3.82. The molecule has 3 N–H and O–H groups in total. The van der Waals surface area contributed by atoms with E-state index in [-0.39, 0.29) is 17.1 Å². The molecule has 0 saturated carbocycles. The van der Waals surface area contributed by atoms with E-state index in [2.05, 4.69) is 40.0 Å². The standard InChI is InChI=1S/C9H8N4O2.C9H7N3O2.C8H6N4O2/c1-6-10-2-3-13(6)8-4-7(9(14)15)11-5-12-8;13-9(14)7-5-8(11-6-10-7)12-3-1-2-4-12;13-8(14)6-4-7(10-5-9-6)12-3-1-2-11-12/h2-5H,1H3,(H,14,15);1-6H,(H,13,14);1-5H,(H,13,14). The van der Waals surface area contributed by atoms with Gasteiger partial charge in [0, 0.05) is 55.4 Å². The molecule has 216 valence electrons. The van der Waals surface area contributed by atoms with Gasteiger partial charge in [-0.15, -0.1) is 0 Å². The van der Waals surface area contributed by atoms with E-state index in [0.717, 1.165) is 5.82 Å². The maximum Gasteiger partial charge on any atom is 0.354 e. The third-order valence-corrected chi connectivity index (χ3v) is 5.30. The predicted octanol–water partition coefficient (Wildman–Crippen LogP) is 1.99. The summed E-state index contributed by atoms with van der Waals surface area (Å²) in [6.07, 6.45) is 13.8. The molecule has 17 heteroatoms. The predicted molar refractivity (Wildman–Crippen MR) is 145 cm³/mol. The summed E-state index contributed by atoms with van der Waals surface area (Å²) in [4.78, 5) is 58.6. The summed E-state index contributed by atoms with van der Waals surface area (Å²) < 4.78 is 4.87. The summed E-state index contributed by atoms with van der Waals surface area (Å²) in [6.45, 7) is 1.81. The Labute approximate surface area is 241 Å². The zero-order chi connectivity index (χ0) is 30.8. The Kier molecular flexibility index (Phi) is 9.29. The second kappa shape index (κ2) is 13.6. The minimum Gasteiger partial charge on any atom is -0.477 e. The zero-order valence-electron chi connectivity index (χ0n) is 22.1. The highest BCUT2D eigenvalue weighted by Crippen LogP contribution is 2.08. The molecule has 0 atom stereocenters. The summed E-state index contributed by atoms with van der Waals surface area (Å²) >= 11 is 0. The molecular weight excluding hydrogens is 562 g/mol. The van der Waals surface area contributed by atoms with Crippen LogP contribution in [0.4, 0.5) is 0 Å². The van der Waals surface area contributed by atoms with E-state index in [1.165, 1.54) is 41.9 Å². The summed E-state index contributed by atoms with van der Waals surface area (Å²) in [5.41, 5.74) is -0.0951. The van der Waals surface area contributed by atoms with E-state index >= 15 is 0 Å². The quantitative estimate of drug-likeness (QED) is 0.255. The Hall–Kier alpha value is -6.65. The van der Waals surface area contributed by atoms with Gasteiger partial charge in [-0.1, -0.05) is 0 Å². The highest BCUT2D eigenvalue weighted by molar-refractivity contribution is 5.86. The van der Waals surface area contributed by atoms with E-state index in [9.17, 15) is 14.4 Å². The number of carbonyl (C=O) groups is 3. The van der Waals surface area contributed by atoms with Gasteiger partial charge in [0.25, 0.3) is 0 Å². The van der Waals surface area contributed by atoms with Gasteiger partial charge in [0.15, 0.2) is 22.9 Å². The number of aromatic carboxylic acids is 3. The summed E-state index contributed by atoms with van der Waals surface area (Å²) in [6, 6.07) is 9.57. The number of carboxylic acid groups (broad SMARTS) is 3. The molecule has 0 radical (unpaired) electrons. The largest absolute Gasteiger partial charge is 0.477 e. The van der Waals surface area contributed by atoms with Gasteiger partial charge in [-0.3, -0.25) is 4.57 Å².